The predicted molar refractivity (Wildman–Crippen MR) is 127 cm³/mol. The minimum absolute atomic E-state index is 0.0131. The van der Waals surface area contributed by atoms with Crippen LogP contribution in [0.3, 0.4) is 0 Å². The van der Waals surface area contributed by atoms with Crippen molar-refractivity contribution in [1.29, 1.82) is 0 Å². The molecule has 32 heavy (non-hydrogen) atoms. The van der Waals surface area contributed by atoms with Crippen LogP contribution in [-0.2, 0) is 14.3 Å². The maximum Gasteiger partial charge on any atom is 0.338 e. The second-order valence-electron chi connectivity index (χ2n) is 8.71. The van der Waals surface area contributed by atoms with Gasteiger partial charge >= 0.3 is 11.9 Å². The Kier molecular flexibility index (Phi) is 7.92. The van der Waals surface area contributed by atoms with E-state index in [9.17, 15) is 9.59 Å². The molecule has 1 saturated carbocycles. The molecule has 4 N–H and O–H groups in total. The number of rotatable bonds is 7. The monoisotopic (exact) mass is 436 g/mol. The van der Waals surface area contributed by atoms with Gasteiger partial charge in [0.25, 0.3) is 0 Å². The lowest BCUT2D eigenvalue weighted by Crippen LogP contribution is -2.23. The van der Waals surface area contributed by atoms with E-state index in [1.54, 1.807) is 36.4 Å². The van der Waals surface area contributed by atoms with Gasteiger partial charge in [-0.05, 0) is 79.1 Å². The number of nitrogens with two attached hydrogens (primary N) is 2. The summed E-state index contributed by atoms with van der Waals surface area (Å²) < 4.78 is 11.0. The van der Waals surface area contributed by atoms with Crippen molar-refractivity contribution in [3.8, 4) is 0 Å². The third-order valence-electron chi connectivity index (χ3n) is 5.84. The van der Waals surface area contributed by atoms with Gasteiger partial charge in [-0.25, -0.2) is 9.59 Å². The molecular formula is C26H32N2O4. The molecule has 0 spiro atoms. The van der Waals surface area contributed by atoms with Crippen LogP contribution < -0.4 is 11.5 Å². The van der Waals surface area contributed by atoms with Gasteiger partial charge < -0.3 is 20.9 Å². The second-order valence-corrected chi connectivity index (χ2v) is 8.71. The Labute approximate surface area is 189 Å². The Hall–Kier alpha value is -3.28. The molecule has 1 atom stereocenters. The van der Waals surface area contributed by atoms with E-state index >= 15 is 0 Å². The highest BCUT2D eigenvalue weighted by molar-refractivity contribution is 5.90. The smallest absolute Gasteiger partial charge is 0.338 e. The van der Waals surface area contributed by atoms with E-state index in [0.29, 0.717) is 22.9 Å². The molecule has 1 aliphatic carbocycles. The number of hydrogen-bond donors (Lipinski definition) is 2. The van der Waals surface area contributed by atoms with E-state index < -0.39 is 5.97 Å². The van der Waals surface area contributed by atoms with Crippen molar-refractivity contribution >= 4 is 29.4 Å². The fourth-order valence-corrected chi connectivity index (χ4v) is 3.80. The largest absolute Gasteiger partial charge is 0.462 e. The van der Waals surface area contributed by atoms with Crippen molar-refractivity contribution in [1.82, 2.24) is 0 Å². The van der Waals surface area contributed by atoms with E-state index in [1.807, 2.05) is 19.1 Å². The number of hydrogen-bond acceptors (Lipinski definition) is 6. The zero-order valence-corrected chi connectivity index (χ0v) is 18.8. The SMILES string of the molecule is CC1CCC(OC(=O)c2ccc(/C=C/C(=O)OCC(C)c3cc(N)cc(N)c3)cc2)CC1. The molecule has 0 aromatic heterocycles. The van der Waals surface area contributed by atoms with Crippen LogP contribution in [0.25, 0.3) is 6.08 Å². The number of anilines is 2. The number of nitrogen functional groups attached to an aromatic ring is 2. The summed E-state index contributed by atoms with van der Waals surface area (Å²) in [5, 5.41) is 0. The molecule has 170 valence electrons. The molecule has 2 aromatic carbocycles. The summed E-state index contributed by atoms with van der Waals surface area (Å²) >= 11 is 0. The quantitative estimate of drug-likeness (QED) is 0.362. The summed E-state index contributed by atoms with van der Waals surface area (Å²) in [6, 6.07) is 12.3. The first-order chi connectivity index (χ1) is 15.3. The highest BCUT2D eigenvalue weighted by Gasteiger charge is 2.22. The van der Waals surface area contributed by atoms with Crippen molar-refractivity contribution in [2.75, 3.05) is 18.1 Å². The minimum Gasteiger partial charge on any atom is -0.462 e. The van der Waals surface area contributed by atoms with E-state index in [-0.39, 0.29) is 24.6 Å². The molecule has 0 radical (unpaired) electrons. The van der Waals surface area contributed by atoms with Crippen LogP contribution in [-0.4, -0.2) is 24.6 Å². The third kappa shape index (κ3) is 6.87. The van der Waals surface area contributed by atoms with Crippen LogP contribution in [0, 0.1) is 5.92 Å². The molecule has 1 aliphatic rings. The molecular weight excluding hydrogens is 404 g/mol. The van der Waals surface area contributed by atoms with Crippen LogP contribution in [0.2, 0.25) is 0 Å². The summed E-state index contributed by atoms with van der Waals surface area (Å²) in [6.45, 7) is 4.39. The molecule has 2 aromatic rings. The van der Waals surface area contributed by atoms with Crippen LogP contribution in [0.1, 0.15) is 66.9 Å². The lowest BCUT2D eigenvalue weighted by atomic mass is 9.89. The summed E-state index contributed by atoms with van der Waals surface area (Å²) in [6.07, 6.45) is 7.10. The first kappa shape index (κ1) is 23.4. The fraction of sp³-hybridized carbons (Fsp3) is 0.385. The molecule has 0 amide bonds. The zero-order valence-electron chi connectivity index (χ0n) is 18.8. The molecule has 1 fully saturated rings. The lowest BCUT2D eigenvalue weighted by molar-refractivity contribution is -0.138. The Balaban J connectivity index is 1.47. The van der Waals surface area contributed by atoms with Crippen molar-refractivity contribution < 1.29 is 19.1 Å². The summed E-state index contributed by atoms with van der Waals surface area (Å²) in [5.41, 5.74) is 15.0. The Morgan fingerprint density at radius 2 is 1.66 bits per heavy atom. The van der Waals surface area contributed by atoms with E-state index in [1.165, 1.54) is 6.08 Å². The second kappa shape index (κ2) is 10.8. The van der Waals surface area contributed by atoms with Gasteiger partial charge in [-0.3, -0.25) is 0 Å². The highest BCUT2D eigenvalue weighted by atomic mass is 16.5. The molecule has 0 bridgehead atoms. The van der Waals surface area contributed by atoms with Gasteiger partial charge in [-0.1, -0.05) is 26.0 Å². The van der Waals surface area contributed by atoms with Crippen molar-refractivity contribution in [2.24, 2.45) is 5.92 Å². The molecule has 1 unspecified atom stereocenters. The summed E-state index contributed by atoms with van der Waals surface area (Å²) in [7, 11) is 0. The number of benzene rings is 2. The van der Waals surface area contributed by atoms with Gasteiger partial charge in [-0.2, -0.15) is 0 Å². The van der Waals surface area contributed by atoms with Gasteiger partial charge in [0.05, 0.1) is 12.2 Å². The maximum absolute atomic E-state index is 12.3. The van der Waals surface area contributed by atoms with E-state index in [2.05, 4.69) is 6.92 Å². The van der Waals surface area contributed by atoms with Gasteiger partial charge in [-0.15, -0.1) is 0 Å². The molecule has 6 nitrogen and oxygen atoms in total. The Morgan fingerprint density at radius 3 is 2.28 bits per heavy atom. The Morgan fingerprint density at radius 1 is 1.03 bits per heavy atom. The zero-order chi connectivity index (χ0) is 23.1. The molecule has 6 heteroatoms. The highest BCUT2D eigenvalue weighted by Crippen LogP contribution is 2.26. The lowest BCUT2D eigenvalue weighted by Gasteiger charge is -2.25. The van der Waals surface area contributed by atoms with E-state index in [0.717, 1.165) is 36.8 Å². The van der Waals surface area contributed by atoms with Crippen molar-refractivity contribution in [3.05, 3.63) is 65.2 Å². The van der Waals surface area contributed by atoms with Gasteiger partial charge in [0, 0.05) is 23.4 Å². The van der Waals surface area contributed by atoms with Crippen LogP contribution in [0.15, 0.2) is 48.5 Å². The molecule has 0 saturated heterocycles. The van der Waals surface area contributed by atoms with Crippen molar-refractivity contribution in [3.63, 3.8) is 0 Å². The standard InChI is InChI=1S/C26H32N2O4/c1-17-3-10-24(11-4-17)32-26(30)20-8-5-19(6-9-20)7-12-25(29)31-16-18(2)21-13-22(27)15-23(28)14-21/h5-9,12-15,17-18,24H,3-4,10-11,16,27-28H2,1-2H3/b12-7+. The van der Waals surface area contributed by atoms with Gasteiger partial charge in [0.15, 0.2) is 0 Å². The Bertz CT molecular complexity index is 940. The average Bonchev–Trinajstić information content (AvgIpc) is 2.77. The van der Waals surface area contributed by atoms with Gasteiger partial charge in [0.1, 0.15) is 6.10 Å². The van der Waals surface area contributed by atoms with Crippen LogP contribution in [0.4, 0.5) is 11.4 Å². The number of carbonyl (C=O) groups excluding carboxylic acids is 2. The molecule has 3 rings (SSSR count). The first-order valence-electron chi connectivity index (χ1n) is 11.1. The maximum atomic E-state index is 12.3. The van der Waals surface area contributed by atoms with Crippen LogP contribution >= 0.6 is 0 Å². The third-order valence-corrected chi connectivity index (χ3v) is 5.84. The van der Waals surface area contributed by atoms with Crippen molar-refractivity contribution in [2.45, 2.75) is 51.6 Å². The minimum atomic E-state index is -0.441. The normalized spacial score (nSPS) is 19.4. The van der Waals surface area contributed by atoms with E-state index in [4.69, 9.17) is 20.9 Å². The van der Waals surface area contributed by atoms with Crippen LogP contribution in [0.5, 0.6) is 0 Å². The number of esters is 2. The number of ether oxygens (including phenoxy) is 2. The predicted octanol–water partition coefficient (Wildman–Crippen LogP) is 4.95. The molecule has 0 heterocycles. The summed E-state index contributed by atoms with van der Waals surface area (Å²) in [5.74, 6) is -0.0583. The fourth-order valence-electron chi connectivity index (χ4n) is 3.80. The topological polar surface area (TPSA) is 105 Å². The first-order valence-corrected chi connectivity index (χ1v) is 11.1. The summed E-state index contributed by atoms with van der Waals surface area (Å²) in [4.78, 5) is 24.4. The molecule has 0 aliphatic heterocycles. The average molecular weight is 437 g/mol. The number of carbonyl (C=O) groups is 2. The van der Waals surface area contributed by atoms with Gasteiger partial charge in [0.2, 0.25) is 0 Å².